The normalized spacial score (nSPS) is 13.3. The first kappa shape index (κ1) is 16.2. The number of hydrogen-bond donors (Lipinski definition) is 0. The SMILES string of the molecule is O=C1c2ccccc2C(=O)N1CCn1nnn(-c2ccccc2Cl)c1=O. The van der Waals surface area contributed by atoms with Crippen molar-refractivity contribution >= 4 is 23.4 Å². The van der Waals surface area contributed by atoms with Gasteiger partial charge in [0.2, 0.25) is 0 Å². The van der Waals surface area contributed by atoms with E-state index >= 15 is 0 Å². The fourth-order valence-electron chi connectivity index (χ4n) is 2.83. The van der Waals surface area contributed by atoms with Crippen molar-refractivity contribution in [3.63, 3.8) is 0 Å². The lowest BCUT2D eigenvalue weighted by Crippen LogP contribution is -2.35. The number of halogens is 1. The van der Waals surface area contributed by atoms with E-state index in [1.807, 2.05) is 0 Å². The van der Waals surface area contributed by atoms with Crippen molar-refractivity contribution in [2.75, 3.05) is 6.54 Å². The number of hydrogen-bond acceptors (Lipinski definition) is 5. The number of benzene rings is 2. The van der Waals surface area contributed by atoms with Crippen LogP contribution in [0.1, 0.15) is 20.7 Å². The van der Waals surface area contributed by atoms with E-state index in [9.17, 15) is 14.4 Å². The highest BCUT2D eigenvalue weighted by molar-refractivity contribution is 6.32. The molecule has 1 aromatic heterocycles. The molecule has 0 saturated carbocycles. The highest BCUT2D eigenvalue weighted by atomic mass is 35.5. The fourth-order valence-corrected chi connectivity index (χ4v) is 3.04. The molecule has 2 heterocycles. The Labute approximate surface area is 152 Å². The van der Waals surface area contributed by atoms with Gasteiger partial charge in [-0.05, 0) is 34.7 Å². The zero-order chi connectivity index (χ0) is 18.3. The molecular weight excluding hydrogens is 358 g/mol. The first-order valence-corrected chi connectivity index (χ1v) is 8.18. The average Bonchev–Trinajstić information content (AvgIpc) is 3.13. The summed E-state index contributed by atoms with van der Waals surface area (Å²) in [6, 6.07) is 13.4. The number of fused-ring (bicyclic) bond motifs is 1. The molecule has 0 radical (unpaired) electrons. The maximum absolute atomic E-state index is 12.5. The summed E-state index contributed by atoms with van der Waals surface area (Å²) in [6.07, 6.45) is 0. The Hall–Kier alpha value is -3.26. The number of tetrazole rings is 1. The first-order valence-electron chi connectivity index (χ1n) is 7.81. The summed E-state index contributed by atoms with van der Waals surface area (Å²) in [5, 5.41) is 7.98. The minimum atomic E-state index is -0.505. The summed E-state index contributed by atoms with van der Waals surface area (Å²) in [5.74, 6) is -0.755. The molecule has 0 saturated heterocycles. The molecule has 0 bridgehead atoms. The Bertz CT molecular complexity index is 1050. The number of rotatable bonds is 4. The van der Waals surface area contributed by atoms with Crippen molar-refractivity contribution < 1.29 is 9.59 Å². The summed E-state index contributed by atoms with van der Waals surface area (Å²) >= 11 is 6.08. The van der Waals surface area contributed by atoms with Crippen LogP contribution in [0.25, 0.3) is 5.69 Å². The number of carbonyl (C=O) groups excluding carboxylic acids is 2. The monoisotopic (exact) mass is 369 g/mol. The molecule has 1 aliphatic rings. The van der Waals surface area contributed by atoms with E-state index in [-0.39, 0.29) is 24.9 Å². The van der Waals surface area contributed by atoms with Gasteiger partial charge in [-0.25, -0.2) is 4.79 Å². The van der Waals surface area contributed by atoms with Gasteiger partial charge in [-0.1, -0.05) is 35.9 Å². The third kappa shape index (κ3) is 2.51. The quantitative estimate of drug-likeness (QED) is 0.648. The molecule has 130 valence electrons. The second-order valence-electron chi connectivity index (χ2n) is 5.66. The molecule has 0 spiro atoms. The zero-order valence-electron chi connectivity index (χ0n) is 13.4. The van der Waals surface area contributed by atoms with Gasteiger partial charge in [0, 0.05) is 6.54 Å². The van der Waals surface area contributed by atoms with Crippen molar-refractivity contribution in [2.45, 2.75) is 6.54 Å². The maximum Gasteiger partial charge on any atom is 0.368 e. The van der Waals surface area contributed by atoms with E-state index in [1.165, 1.54) is 0 Å². The van der Waals surface area contributed by atoms with Gasteiger partial charge in [0.05, 0.1) is 28.4 Å². The molecule has 2 aromatic carbocycles. The molecule has 4 rings (SSSR count). The van der Waals surface area contributed by atoms with E-state index < -0.39 is 5.69 Å². The minimum absolute atomic E-state index is 0.0213. The minimum Gasteiger partial charge on any atom is -0.272 e. The van der Waals surface area contributed by atoms with Gasteiger partial charge in [-0.2, -0.15) is 9.36 Å². The van der Waals surface area contributed by atoms with Gasteiger partial charge >= 0.3 is 5.69 Å². The highest BCUT2D eigenvalue weighted by Gasteiger charge is 2.34. The predicted molar refractivity (Wildman–Crippen MR) is 92.4 cm³/mol. The highest BCUT2D eigenvalue weighted by Crippen LogP contribution is 2.22. The lowest BCUT2D eigenvalue weighted by molar-refractivity contribution is 0.0647. The van der Waals surface area contributed by atoms with E-state index in [1.54, 1.807) is 48.5 Å². The van der Waals surface area contributed by atoms with E-state index in [0.29, 0.717) is 21.8 Å². The number of nitrogens with zero attached hydrogens (tertiary/aromatic N) is 5. The molecule has 3 aromatic rings. The van der Waals surface area contributed by atoms with Gasteiger partial charge < -0.3 is 0 Å². The largest absolute Gasteiger partial charge is 0.368 e. The molecular formula is C17H12ClN5O3. The van der Waals surface area contributed by atoms with Crippen LogP contribution >= 0.6 is 11.6 Å². The van der Waals surface area contributed by atoms with Crippen LogP contribution in [0, 0.1) is 0 Å². The zero-order valence-corrected chi connectivity index (χ0v) is 14.1. The number of para-hydroxylation sites is 1. The smallest absolute Gasteiger partial charge is 0.272 e. The van der Waals surface area contributed by atoms with E-state index in [4.69, 9.17) is 11.6 Å². The molecule has 26 heavy (non-hydrogen) atoms. The molecule has 8 nitrogen and oxygen atoms in total. The standard InChI is InChI=1S/C17H12ClN5O3/c18-13-7-3-4-8-14(13)23-17(26)22(19-20-23)10-9-21-15(24)11-5-1-2-6-12(11)16(21)25/h1-8H,9-10H2. The third-order valence-electron chi connectivity index (χ3n) is 4.13. The van der Waals surface area contributed by atoms with Gasteiger partial charge in [-0.15, -0.1) is 0 Å². The van der Waals surface area contributed by atoms with Gasteiger partial charge in [0.15, 0.2) is 0 Å². The van der Waals surface area contributed by atoms with Crippen LogP contribution in [0.2, 0.25) is 5.02 Å². The number of aromatic nitrogens is 4. The van der Waals surface area contributed by atoms with Crippen LogP contribution in [0.4, 0.5) is 0 Å². The van der Waals surface area contributed by atoms with Crippen molar-refractivity contribution in [2.24, 2.45) is 0 Å². The summed E-state index contributed by atoms with van der Waals surface area (Å²) in [4.78, 5) is 38.3. The Balaban J connectivity index is 1.56. The van der Waals surface area contributed by atoms with Crippen LogP contribution < -0.4 is 5.69 Å². The Morgan fingerprint density at radius 2 is 1.42 bits per heavy atom. The number of imide groups is 1. The molecule has 2 amide bonds. The van der Waals surface area contributed by atoms with Crippen LogP contribution in [-0.2, 0) is 6.54 Å². The summed E-state index contributed by atoms with van der Waals surface area (Å²) in [5.41, 5.74) is 0.634. The Kier molecular flexibility index (Phi) is 3.89. The van der Waals surface area contributed by atoms with Crippen LogP contribution in [-0.4, -0.2) is 43.0 Å². The van der Waals surface area contributed by atoms with Crippen LogP contribution in [0.5, 0.6) is 0 Å². The molecule has 0 unspecified atom stereocenters. The van der Waals surface area contributed by atoms with E-state index in [2.05, 4.69) is 10.4 Å². The van der Waals surface area contributed by atoms with Crippen molar-refractivity contribution in [1.29, 1.82) is 0 Å². The molecule has 0 atom stereocenters. The summed E-state index contributed by atoms with van der Waals surface area (Å²) in [7, 11) is 0. The second-order valence-corrected chi connectivity index (χ2v) is 6.06. The van der Waals surface area contributed by atoms with Crippen LogP contribution in [0.15, 0.2) is 53.3 Å². The number of amides is 2. The Morgan fingerprint density at radius 3 is 2.08 bits per heavy atom. The molecule has 9 heteroatoms. The van der Waals surface area contributed by atoms with Gasteiger partial charge in [0.25, 0.3) is 11.8 Å². The lowest BCUT2D eigenvalue weighted by Gasteiger charge is -2.12. The van der Waals surface area contributed by atoms with Crippen molar-refractivity contribution in [3.8, 4) is 5.69 Å². The maximum atomic E-state index is 12.5. The fraction of sp³-hybridized carbons (Fsp3) is 0.118. The third-order valence-corrected chi connectivity index (χ3v) is 4.45. The number of carbonyl (C=O) groups is 2. The molecule has 0 fully saturated rings. The molecule has 0 N–H and O–H groups in total. The average molecular weight is 370 g/mol. The lowest BCUT2D eigenvalue weighted by atomic mass is 10.1. The van der Waals surface area contributed by atoms with Crippen LogP contribution in [0.3, 0.4) is 0 Å². The topological polar surface area (TPSA) is 90.1 Å². The molecule has 0 aliphatic carbocycles. The summed E-state index contributed by atoms with van der Waals surface area (Å²) in [6.45, 7) is 0.0578. The van der Waals surface area contributed by atoms with Crippen molar-refractivity contribution in [3.05, 3.63) is 75.2 Å². The first-order chi connectivity index (χ1) is 12.6. The van der Waals surface area contributed by atoms with Gasteiger partial charge in [-0.3, -0.25) is 14.5 Å². The van der Waals surface area contributed by atoms with E-state index in [0.717, 1.165) is 14.3 Å². The Morgan fingerprint density at radius 1 is 0.808 bits per heavy atom. The second kappa shape index (κ2) is 6.23. The summed E-state index contributed by atoms with van der Waals surface area (Å²) < 4.78 is 2.16. The molecule has 1 aliphatic heterocycles. The van der Waals surface area contributed by atoms with Crippen molar-refractivity contribution in [1.82, 2.24) is 24.7 Å². The van der Waals surface area contributed by atoms with Gasteiger partial charge in [0.1, 0.15) is 0 Å². The predicted octanol–water partition coefficient (Wildman–Crippen LogP) is 1.38.